The molecule has 1 heterocycles. The van der Waals surface area contributed by atoms with Gasteiger partial charge in [-0.15, -0.1) is 0 Å². The van der Waals surface area contributed by atoms with E-state index in [1.54, 1.807) is 6.92 Å². The van der Waals surface area contributed by atoms with Gasteiger partial charge in [-0.2, -0.15) is 5.10 Å². The third-order valence-electron chi connectivity index (χ3n) is 3.87. The van der Waals surface area contributed by atoms with Crippen LogP contribution in [-0.4, -0.2) is 16.1 Å². The number of aryl methyl sites for hydroxylation is 2. The number of hydrogen-bond acceptors (Lipinski definition) is 2. The average Bonchev–Trinajstić information content (AvgIpc) is 3.15. The molecule has 2 aromatic rings. The number of anilines is 1. The van der Waals surface area contributed by atoms with Gasteiger partial charge < -0.3 is 5.32 Å². The first-order valence-corrected chi connectivity index (χ1v) is 6.74. The van der Waals surface area contributed by atoms with Gasteiger partial charge in [0.1, 0.15) is 11.6 Å². The maximum atomic E-state index is 13.7. The molecule has 0 bridgehead atoms. The second kappa shape index (κ2) is 4.95. The summed E-state index contributed by atoms with van der Waals surface area (Å²) >= 11 is 0. The van der Waals surface area contributed by atoms with E-state index in [9.17, 15) is 13.6 Å². The van der Waals surface area contributed by atoms with E-state index in [0.29, 0.717) is 23.4 Å². The molecule has 2 atom stereocenters. The lowest BCUT2D eigenvalue weighted by Gasteiger charge is -2.06. The van der Waals surface area contributed by atoms with Crippen LogP contribution in [0.3, 0.4) is 0 Å². The van der Waals surface area contributed by atoms with E-state index in [4.69, 9.17) is 0 Å². The zero-order chi connectivity index (χ0) is 15.1. The van der Waals surface area contributed by atoms with Crippen molar-refractivity contribution in [3.05, 3.63) is 46.8 Å². The monoisotopic (exact) mass is 291 g/mol. The number of carbonyl (C=O) groups excluding carboxylic acids is 1. The summed E-state index contributed by atoms with van der Waals surface area (Å²) in [6, 6.07) is 3.49. The van der Waals surface area contributed by atoms with Crippen LogP contribution in [0.25, 0.3) is 0 Å². The Morgan fingerprint density at radius 3 is 2.76 bits per heavy atom. The van der Waals surface area contributed by atoms with Gasteiger partial charge in [0.05, 0.1) is 17.1 Å². The van der Waals surface area contributed by atoms with Crippen LogP contribution in [0.1, 0.15) is 29.3 Å². The van der Waals surface area contributed by atoms with Crippen LogP contribution in [0.15, 0.2) is 18.2 Å². The van der Waals surface area contributed by atoms with Crippen molar-refractivity contribution in [1.82, 2.24) is 10.2 Å². The Hall–Kier alpha value is -2.24. The number of rotatable bonds is 3. The molecular weight excluding hydrogens is 276 g/mol. The SMILES string of the molecule is Cc1n[nH]c(C)c1NC(=O)[C@@H]1C[C@@H]1c1ccc(F)cc1F. The number of amides is 1. The van der Waals surface area contributed by atoms with Gasteiger partial charge in [0, 0.05) is 12.0 Å². The Balaban J connectivity index is 1.71. The first-order chi connectivity index (χ1) is 9.97. The highest BCUT2D eigenvalue weighted by molar-refractivity contribution is 5.96. The van der Waals surface area contributed by atoms with Gasteiger partial charge in [0.15, 0.2) is 0 Å². The largest absolute Gasteiger partial charge is 0.323 e. The molecule has 1 aliphatic carbocycles. The van der Waals surface area contributed by atoms with Crippen LogP contribution >= 0.6 is 0 Å². The van der Waals surface area contributed by atoms with Crippen LogP contribution in [-0.2, 0) is 4.79 Å². The van der Waals surface area contributed by atoms with E-state index in [1.807, 2.05) is 6.92 Å². The van der Waals surface area contributed by atoms with Gasteiger partial charge in [0.2, 0.25) is 5.91 Å². The molecule has 0 saturated heterocycles. The van der Waals surface area contributed by atoms with E-state index >= 15 is 0 Å². The lowest BCUT2D eigenvalue weighted by Crippen LogP contribution is -2.15. The third kappa shape index (κ3) is 2.53. The standard InChI is InChI=1S/C15H15F2N3O/c1-7-14(8(2)20-19-7)18-15(21)12-6-11(12)10-4-3-9(16)5-13(10)17/h3-5,11-12H,6H2,1-2H3,(H,18,21)(H,19,20)/t11-,12-/m1/s1. The van der Waals surface area contributed by atoms with Gasteiger partial charge in [-0.1, -0.05) is 6.07 Å². The second-order valence-electron chi connectivity index (χ2n) is 5.41. The first-order valence-electron chi connectivity index (χ1n) is 6.74. The summed E-state index contributed by atoms with van der Waals surface area (Å²) in [5.74, 6) is -1.82. The number of H-pyrrole nitrogens is 1. The summed E-state index contributed by atoms with van der Waals surface area (Å²) in [4.78, 5) is 12.2. The zero-order valence-electron chi connectivity index (χ0n) is 11.7. The lowest BCUT2D eigenvalue weighted by molar-refractivity contribution is -0.117. The molecular formula is C15H15F2N3O. The van der Waals surface area contributed by atoms with Crippen molar-refractivity contribution >= 4 is 11.6 Å². The topological polar surface area (TPSA) is 57.8 Å². The molecule has 1 amide bonds. The van der Waals surface area contributed by atoms with Crippen LogP contribution in [0.4, 0.5) is 14.5 Å². The highest BCUT2D eigenvalue weighted by atomic mass is 19.1. The van der Waals surface area contributed by atoms with Crippen LogP contribution in [0.5, 0.6) is 0 Å². The summed E-state index contributed by atoms with van der Waals surface area (Å²) < 4.78 is 26.6. The van der Waals surface area contributed by atoms with Gasteiger partial charge >= 0.3 is 0 Å². The smallest absolute Gasteiger partial charge is 0.228 e. The molecule has 3 rings (SSSR count). The Bertz CT molecular complexity index is 691. The van der Waals surface area contributed by atoms with Crippen molar-refractivity contribution in [3.63, 3.8) is 0 Å². The van der Waals surface area contributed by atoms with Crippen molar-refractivity contribution < 1.29 is 13.6 Å². The van der Waals surface area contributed by atoms with Gasteiger partial charge in [-0.25, -0.2) is 8.78 Å². The number of carbonyl (C=O) groups is 1. The predicted octanol–water partition coefficient (Wildman–Crippen LogP) is 3.05. The number of nitrogens with zero attached hydrogens (tertiary/aromatic N) is 1. The number of aromatic nitrogens is 2. The van der Waals surface area contributed by atoms with Crippen LogP contribution < -0.4 is 5.32 Å². The minimum absolute atomic E-state index is 0.156. The summed E-state index contributed by atoms with van der Waals surface area (Å²) in [5.41, 5.74) is 2.57. The molecule has 1 aliphatic rings. The fourth-order valence-electron chi connectivity index (χ4n) is 2.58. The van der Waals surface area contributed by atoms with E-state index in [2.05, 4.69) is 15.5 Å². The minimum Gasteiger partial charge on any atom is -0.323 e. The highest BCUT2D eigenvalue weighted by Gasteiger charge is 2.45. The number of nitrogens with one attached hydrogen (secondary N) is 2. The fourth-order valence-corrected chi connectivity index (χ4v) is 2.58. The Kier molecular flexibility index (Phi) is 3.23. The predicted molar refractivity (Wildman–Crippen MR) is 73.9 cm³/mol. The second-order valence-corrected chi connectivity index (χ2v) is 5.41. The van der Waals surface area contributed by atoms with Crippen LogP contribution in [0.2, 0.25) is 0 Å². The van der Waals surface area contributed by atoms with Crippen LogP contribution in [0, 0.1) is 31.4 Å². The molecule has 1 aromatic carbocycles. The molecule has 4 nitrogen and oxygen atoms in total. The van der Waals surface area contributed by atoms with Crippen molar-refractivity contribution in [2.45, 2.75) is 26.2 Å². The molecule has 0 radical (unpaired) electrons. The van der Waals surface area contributed by atoms with Gasteiger partial charge in [0.25, 0.3) is 0 Å². The first kappa shape index (κ1) is 13.7. The maximum absolute atomic E-state index is 13.7. The van der Waals surface area contributed by atoms with Crippen molar-refractivity contribution in [2.75, 3.05) is 5.32 Å². The Morgan fingerprint density at radius 2 is 2.14 bits per heavy atom. The van der Waals surface area contributed by atoms with Gasteiger partial charge in [-0.05, 0) is 37.8 Å². The fraction of sp³-hybridized carbons (Fsp3) is 0.333. The van der Waals surface area contributed by atoms with Crippen molar-refractivity contribution in [1.29, 1.82) is 0 Å². The number of benzene rings is 1. The molecule has 2 N–H and O–H groups in total. The number of hydrogen-bond donors (Lipinski definition) is 2. The number of halogens is 2. The minimum atomic E-state index is -0.609. The third-order valence-corrected chi connectivity index (χ3v) is 3.87. The normalized spacial score (nSPS) is 20.4. The maximum Gasteiger partial charge on any atom is 0.228 e. The molecule has 6 heteroatoms. The molecule has 1 aromatic heterocycles. The van der Waals surface area contributed by atoms with E-state index in [-0.39, 0.29) is 17.7 Å². The molecule has 110 valence electrons. The average molecular weight is 291 g/mol. The molecule has 1 saturated carbocycles. The summed E-state index contributed by atoms with van der Waals surface area (Å²) in [6.07, 6.45) is 0.574. The summed E-state index contributed by atoms with van der Waals surface area (Å²) in [6.45, 7) is 3.61. The van der Waals surface area contributed by atoms with E-state index < -0.39 is 11.6 Å². The highest BCUT2D eigenvalue weighted by Crippen LogP contribution is 2.49. The van der Waals surface area contributed by atoms with Crippen molar-refractivity contribution in [3.8, 4) is 0 Å². The lowest BCUT2D eigenvalue weighted by atomic mass is 10.1. The molecule has 1 fully saturated rings. The number of aromatic amines is 1. The van der Waals surface area contributed by atoms with E-state index in [0.717, 1.165) is 11.8 Å². The molecule has 21 heavy (non-hydrogen) atoms. The van der Waals surface area contributed by atoms with Crippen molar-refractivity contribution in [2.24, 2.45) is 5.92 Å². The Labute approximate surface area is 120 Å². The summed E-state index contributed by atoms with van der Waals surface area (Å²) in [7, 11) is 0. The molecule has 0 spiro atoms. The Morgan fingerprint density at radius 1 is 1.38 bits per heavy atom. The van der Waals surface area contributed by atoms with Gasteiger partial charge in [-0.3, -0.25) is 9.89 Å². The molecule has 0 aliphatic heterocycles. The zero-order valence-corrected chi connectivity index (χ0v) is 11.7. The van der Waals surface area contributed by atoms with E-state index in [1.165, 1.54) is 12.1 Å². The summed E-state index contributed by atoms with van der Waals surface area (Å²) in [5, 5.41) is 9.62. The quantitative estimate of drug-likeness (QED) is 0.913. The molecule has 0 unspecified atom stereocenters.